The summed E-state index contributed by atoms with van der Waals surface area (Å²) in [5.74, 6) is -0.917. The number of esters is 3. The van der Waals surface area contributed by atoms with Crippen molar-refractivity contribution < 1.29 is 28.6 Å². The maximum Gasteiger partial charge on any atom is 0.306 e. The second-order valence-electron chi connectivity index (χ2n) is 16.7. The van der Waals surface area contributed by atoms with Crippen LogP contribution in [0.1, 0.15) is 245 Å². The number of carbonyl (C=O) groups excluding carboxylic acids is 3. The van der Waals surface area contributed by atoms with Crippen LogP contribution in [-0.2, 0) is 28.6 Å². The van der Waals surface area contributed by atoms with E-state index in [4.69, 9.17) is 14.2 Å². The molecule has 0 aromatic heterocycles. The van der Waals surface area contributed by atoms with Crippen molar-refractivity contribution in [3.8, 4) is 0 Å². The SMILES string of the molecule is CCCC/C=C\CCCCCCCC(=O)OC[C@H](COC(=O)CCCCCCCC/C=C\C/C=C\C/C=C\CCCCC)OC(=O)CCCCCCC/C=C\CCCCC. The van der Waals surface area contributed by atoms with Gasteiger partial charge in [-0.05, 0) is 103 Å². The van der Waals surface area contributed by atoms with Gasteiger partial charge in [0.05, 0.1) is 0 Å². The van der Waals surface area contributed by atoms with Crippen molar-refractivity contribution in [1.82, 2.24) is 0 Å². The van der Waals surface area contributed by atoms with Gasteiger partial charge in [-0.25, -0.2) is 0 Å². The number of allylic oxidation sites excluding steroid dienone is 10. The van der Waals surface area contributed by atoms with Gasteiger partial charge < -0.3 is 14.2 Å². The van der Waals surface area contributed by atoms with E-state index in [9.17, 15) is 14.4 Å². The minimum absolute atomic E-state index is 0.0864. The van der Waals surface area contributed by atoms with E-state index in [0.29, 0.717) is 19.3 Å². The molecule has 0 aromatic rings. The van der Waals surface area contributed by atoms with Crippen molar-refractivity contribution in [3.05, 3.63) is 60.8 Å². The molecule has 346 valence electrons. The Balaban J connectivity index is 4.37. The molecule has 0 rings (SSSR count). The van der Waals surface area contributed by atoms with E-state index in [-0.39, 0.29) is 31.1 Å². The summed E-state index contributed by atoms with van der Waals surface area (Å²) >= 11 is 0. The fourth-order valence-corrected chi connectivity index (χ4v) is 6.83. The summed E-state index contributed by atoms with van der Waals surface area (Å²) < 4.78 is 16.7. The van der Waals surface area contributed by atoms with Crippen LogP contribution in [0.2, 0.25) is 0 Å². The van der Waals surface area contributed by atoms with Crippen LogP contribution in [-0.4, -0.2) is 37.2 Å². The van der Waals surface area contributed by atoms with Gasteiger partial charge in [0.2, 0.25) is 0 Å². The van der Waals surface area contributed by atoms with Crippen molar-refractivity contribution in [1.29, 1.82) is 0 Å². The fraction of sp³-hybridized carbons (Fsp3) is 0.759. The lowest BCUT2D eigenvalue weighted by molar-refractivity contribution is -0.167. The number of unbranched alkanes of at least 4 members (excludes halogenated alkanes) is 24. The Morgan fingerprint density at radius 2 is 0.617 bits per heavy atom. The molecule has 6 nitrogen and oxygen atoms in total. The highest BCUT2D eigenvalue weighted by molar-refractivity contribution is 5.71. The van der Waals surface area contributed by atoms with Crippen LogP contribution in [0.15, 0.2) is 60.8 Å². The third-order valence-corrected chi connectivity index (χ3v) is 10.7. The van der Waals surface area contributed by atoms with Crippen LogP contribution in [0.25, 0.3) is 0 Å². The summed E-state index contributed by atoms with van der Waals surface area (Å²) in [5, 5.41) is 0. The van der Waals surface area contributed by atoms with Crippen LogP contribution in [0.3, 0.4) is 0 Å². The van der Waals surface area contributed by atoms with Crippen molar-refractivity contribution in [3.63, 3.8) is 0 Å². The maximum atomic E-state index is 12.7. The summed E-state index contributed by atoms with van der Waals surface area (Å²) in [6.45, 7) is 6.52. The predicted molar refractivity (Wildman–Crippen MR) is 256 cm³/mol. The molecule has 0 unspecified atom stereocenters. The Morgan fingerprint density at radius 3 is 1.00 bits per heavy atom. The fourth-order valence-electron chi connectivity index (χ4n) is 6.83. The molecule has 0 radical (unpaired) electrons. The molecule has 0 aromatic carbocycles. The molecule has 0 fully saturated rings. The van der Waals surface area contributed by atoms with E-state index >= 15 is 0 Å². The minimum atomic E-state index is -0.785. The highest BCUT2D eigenvalue weighted by Crippen LogP contribution is 2.13. The van der Waals surface area contributed by atoms with Gasteiger partial charge in [0.15, 0.2) is 6.10 Å². The molecule has 6 heteroatoms. The van der Waals surface area contributed by atoms with Crippen LogP contribution in [0, 0.1) is 0 Å². The standard InChI is InChI=1S/C54H94O6/c1-4-7-10-13-16-19-22-24-25-26-27-28-29-30-33-35-38-41-44-47-53(56)59-50-51(49-58-52(55)46-43-40-37-34-31-21-18-15-12-9-6-3)60-54(57)48-45-42-39-36-32-23-20-17-14-11-8-5-2/h15-20,24-25,27-28,51H,4-14,21-23,26,29-50H2,1-3H3/b18-15-,19-16-,20-17-,25-24-,28-27-/t51-/m1/s1. The normalized spacial score (nSPS) is 12.5. The number of rotatable bonds is 45. The smallest absolute Gasteiger partial charge is 0.306 e. The molecule has 0 saturated carbocycles. The topological polar surface area (TPSA) is 78.9 Å². The quantitative estimate of drug-likeness (QED) is 0.0263. The van der Waals surface area contributed by atoms with Gasteiger partial charge in [0.1, 0.15) is 13.2 Å². The molecule has 60 heavy (non-hydrogen) atoms. The van der Waals surface area contributed by atoms with Crippen LogP contribution in [0.4, 0.5) is 0 Å². The molecule has 0 aliphatic rings. The summed E-state index contributed by atoms with van der Waals surface area (Å²) in [6.07, 6.45) is 59.1. The number of hydrogen-bond donors (Lipinski definition) is 0. The third-order valence-electron chi connectivity index (χ3n) is 10.7. The second kappa shape index (κ2) is 48.8. The molecular weight excluding hydrogens is 745 g/mol. The van der Waals surface area contributed by atoms with Gasteiger partial charge >= 0.3 is 17.9 Å². The highest BCUT2D eigenvalue weighted by Gasteiger charge is 2.19. The molecule has 0 heterocycles. The lowest BCUT2D eigenvalue weighted by atomic mass is 10.1. The van der Waals surface area contributed by atoms with Gasteiger partial charge in [-0.2, -0.15) is 0 Å². The molecule has 0 saturated heterocycles. The number of hydrogen-bond acceptors (Lipinski definition) is 6. The molecule has 0 aliphatic heterocycles. The summed E-state index contributed by atoms with van der Waals surface area (Å²) in [5.41, 5.74) is 0. The largest absolute Gasteiger partial charge is 0.462 e. The van der Waals surface area contributed by atoms with Crippen molar-refractivity contribution >= 4 is 17.9 Å². The van der Waals surface area contributed by atoms with E-state index in [2.05, 4.69) is 81.5 Å². The summed E-state index contributed by atoms with van der Waals surface area (Å²) in [7, 11) is 0. The van der Waals surface area contributed by atoms with Crippen LogP contribution >= 0.6 is 0 Å². The number of carbonyl (C=O) groups is 3. The lowest BCUT2D eigenvalue weighted by Crippen LogP contribution is -2.30. The Bertz CT molecular complexity index is 1100. The van der Waals surface area contributed by atoms with E-state index in [0.717, 1.165) is 96.3 Å². The van der Waals surface area contributed by atoms with Gasteiger partial charge in [0, 0.05) is 19.3 Å². The average Bonchev–Trinajstić information content (AvgIpc) is 3.24. The Kier molecular flexibility index (Phi) is 46.4. The van der Waals surface area contributed by atoms with E-state index < -0.39 is 6.10 Å². The number of ether oxygens (including phenoxy) is 3. The molecule has 0 bridgehead atoms. The Labute approximate surface area is 370 Å². The van der Waals surface area contributed by atoms with E-state index in [1.165, 1.54) is 109 Å². The zero-order chi connectivity index (χ0) is 43.7. The zero-order valence-electron chi connectivity index (χ0n) is 39.5. The monoisotopic (exact) mass is 839 g/mol. The first-order chi connectivity index (χ1) is 29.5. The molecule has 0 N–H and O–H groups in total. The first-order valence-corrected chi connectivity index (χ1v) is 25.3. The summed E-state index contributed by atoms with van der Waals surface area (Å²) in [4.78, 5) is 37.9. The molecule has 1 atom stereocenters. The highest BCUT2D eigenvalue weighted by atomic mass is 16.6. The molecule has 0 aliphatic carbocycles. The maximum absolute atomic E-state index is 12.7. The first kappa shape index (κ1) is 57.1. The predicted octanol–water partition coefficient (Wildman–Crippen LogP) is 16.5. The van der Waals surface area contributed by atoms with Crippen molar-refractivity contribution in [2.75, 3.05) is 13.2 Å². The van der Waals surface area contributed by atoms with E-state index in [1.807, 2.05) is 0 Å². The molecular formula is C54H94O6. The first-order valence-electron chi connectivity index (χ1n) is 25.3. The minimum Gasteiger partial charge on any atom is -0.462 e. The van der Waals surface area contributed by atoms with E-state index in [1.54, 1.807) is 0 Å². The van der Waals surface area contributed by atoms with Crippen LogP contribution < -0.4 is 0 Å². The summed E-state index contributed by atoms with van der Waals surface area (Å²) in [6, 6.07) is 0. The second-order valence-corrected chi connectivity index (χ2v) is 16.7. The van der Waals surface area contributed by atoms with Gasteiger partial charge in [-0.3, -0.25) is 14.4 Å². The van der Waals surface area contributed by atoms with Gasteiger partial charge in [-0.15, -0.1) is 0 Å². The molecule has 0 spiro atoms. The third kappa shape index (κ3) is 46.2. The van der Waals surface area contributed by atoms with Gasteiger partial charge in [0.25, 0.3) is 0 Å². The Hall–Kier alpha value is -2.89. The average molecular weight is 839 g/mol. The van der Waals surface area contributed by atoms with Crippen LogP contribution in [0.5, 0.6) is 0 Å². The zero-order valence-corrected chi connectivity index (χ0v) is 39.5. The molecule has 0 amide bonds. The van der Waals surface area contributed by atoms with Crippen molar-refractivity contribution in [2.24, 2.45) is 0 Å². The van der Waals surface area contributed by atoms with Crippen molar-refractivity contribution in [2.45, 2.75) is 252 Å². The Morgan fingerprint density at radius 1 is 0.333 bits per heavy atom. The van der Waals surface area contributed by atoms with Gasteiger partial charge in [-0.1, -0.05) is 184 Å². The lowest BCUT2D eigenvalue weighted by Gasteiger charge is -2.18.